The summed E-state index contributed by atoms with van der Waals surface area (Å²) in [5.41, 5.74) is 1.14. The molecule has 0 saturated carbocycles. The van der Waals surface area contributed by atoms with E-state index >= 15 is 0 Å². The van der Waals surface area contributed by atoms with Gasteiger partial charge in [0.05, 0.1) is 0 Å². The molecule has 0 aliphatic heterocycles. The van der Waals surface area contributed by atoms with Gasteiger partial charge in [-0.2, -0.15) is 4.98 Å². The summed E-state index contributed by atoms with van der Waals surface area (Å²) in [6.45, 7) is 7.70. The summed E-state index contributed by atoms with van der Waals surface area (Å²) in [6, 6.07) is 5.09. The largest absolute Gasteiger partial charge is 0.333 e. The number of hydrogen-bond acceptors (Lipinski definition) is 4. The average molecular weight is 249 g/mol. The van der Waals surface area contributed by atoms with E-state index in [0.717, 1.165) is 5.56 Å². The fourth-order valence-electron chi connectivity index (χ4n) is 1.50. The minimum absolute atomic E-state index is 0.150. The van der Waals surface area contributed by atoms with Gasteiger partial charge < -0.3 is 9.84 Å². The molecule has 0 aliphatic rings. The first-order valence-electron chi connectivity index (χ1n) is 5.73. The van der Waals surface area contributed by atoms with Crippen molar-refractivity contribution in [1.82, 2.24) is 10.1 Å². The van der Waals surface area contributed by atoms with Crippen molar-refractivity contribution in [1.29, 1.82) is 0 Å². The van der Waals surface area contributed by atoms with Crippen LogP contribution in [-0.4, -0.2) is 15.7 Å². The molecular weight excluding hydrogens is 233 g/mol. The summed E-state index contributed by atoms with van der Waals surface area (Å²) in [5, 5.41) is 6.95. The number of halogens is 1. The van der Waals surface area contributed by atoms with Gasteiger partial charge in [0, 0.05) is 11.1 Å². The molecule has 0 aliphatic carbocycles. The standard InChI is InChI=1S/C13H16FN3O/c1-8-7-9(5-6-10(8)14)11-15-12(18-17-11)16-13(2,3)4/h5-7H,1-4H3,(H,15,16,17). The fourth-order valence-corrected chi connectivity index (χ4v) is 1.50. The summed E-state index contributed by atoms with van der Waals surface area (Å²) in [5.74, 6) is 0.208. The van der Waals surface area contributed by atoms with Crippen LogP contribution in [0.3, 0.4) is 0 Å². The van der Waals surface area contributed by atoms with Gasteiger partial charge in [-0.05, 0) is 51.5 Å². The highest BCUT2D eigenvalue weighted by Gasteiger charge is 2.15. The van der Waals surface area contributed by atoms with E-state index in [0.29, 0.717) is 17.4 Å². The van der Waals surface area contributed by atoms with E-state index in [1.165, 1.54) is 6.07 Å². The number of aryl methyl sites for hydroxylation is 1. The van der Waals surface area contributed by atoms with E-state index in [2.05, 4.69) is 15.5 Å². The Hall–Kier alpha value is -1.91. The third-order valence-electron chi connectivity index (χ3n) is 2.32. The van der Waals surface area contributed by atoms with Crippen molar-refractivity contribution < 1.29 is 8.91 Å². The van der Waals surface area contributed by atoms with Gasteiger partial charge in [0.15, 0.2) is 0 Å². The Balaban J connectivity index is 2.26. The van der Waals surface area contributed by atoms with Crippen molar-refractivity contribution in [2.75, 3.05) is 5.32 Å². The monoisotopic (exact) mass is 249 g/mol. The number of benzene rings is 1. The maximum absolute atomic E-state index is 13.2. The molecule has 1 aromatic carbocycles. The zero-order valence-corrected chi connectivity index (χ0v) is 10.9. The molecule has 1 N–H and O–H groups in total. The van der Waals surface area contributed by atoms with Crippen molar-refractivity contribution in [2.45, 2.75) is 33.2 Å². The Kier molecular flexibility index (Phi) is 3.07. The minimum atomic E-state index is -0.240. The van der Waals surface area contributed by atoms with Gasteiger partial charge in [-0.1, -0.05) is 5.16 Å². The number of nitrogens with zero attached hydrogens (tertiary/aromatic N) is 2. The Morgan fingerprint density at radius 3 is 2.61 bits per heavy atom. The topological polar surface area (TPSA) is 51.0 Å². The normalized spacial score (nSPS) is 11.6. The lowest BCUT2D eigenvalue weighted by molar-refractivity contribution is 0.420. The highest BCUT2D eigenvalue weighted by atomic mass is 19.1. The smallest absolute Gasteiger partial charge is 0.322 e. The molecule has 0 radical (unpaired) electrons. The zero-order chi connectivity index (χ0) is 13.3. The van der Waals surface area contributed by atoms with Crippen molar-refractivity contribution in [3.8, 4) is 11.4 Å². The molecule has 4 nitrogen and oxygen atoms in total. The lowest BCUT2D eigenvalue weighted by atomic mass is 10.1. The number of nitrogens with one attached hydrogen (secondary N) is 1. The van der Waals surface area contributed by atoms with Gasteiger partial charge in [0.1, 0.15) is 5.82 Å². The number of anilines is 1. The van der Waals surface area contributed by atoms with Gasteiger partial charge in [-0.25, -0.2) is 4.39 Å². The van der Waals surface area contributed by atoms with Crippen LogP contribution >= 0.6 is 0 Å². The quantitative estimate of drug-likeness (QED) is 0.886. The van der Waals surface area contributed by atoms with E-state index in [-0.39, 0.29) is 11.4 Å². The molecular formula is C13H16FN3O. The predicted molar refractivity (Wildman–Crippen MR) is 67.8 cm³/mol. The third-order valence-corrected chi connectivity index (χ3v) is 2.32. The molecule has 0 fully saturated rings. The van der Waals surface area contributed by atoms with Crippen molar-refractivity contribution in [3.63, 3.8) is 0 Å². The Labute approximate surface area is 105 Å². The average Bonchev–Trinajstić information content (AvgIpc) is 2.68. The van der Waals surface area contributed by atoms with Crippen LogP contribution in [0.2, 0.25) is 0 Å². The number of aromatic nitrogens is 2. The Morgan fingerprint density at radius 1 is 1.28 bits per heavy atom. The molecule has 5 heteroatoms. The summed E-state index contributed by atoms with van der Waals surface area (Å²) < 4.78 is 18.3. The number of rotatable bonds is 2. The SMILES string of the molecule is Cc1cc(-c2noc(NC(C)(C)C)n2)ccc1F. The van der Waals surface area contributed by atoms with E-state index in [4.69, 9.17) is 4.52 Å². The molecule has 1 aromatic heterocycles. The van der Waals surface area contributed by atoms with Gasteiger partial charge in [-0.3, -0.25) is 0 Å². The van der Waals surface area contributed by atoms with Gasteiger partial charge in [-0.15, -0.1) is 0 Å². The molecule has 0 unspecified atom stereocenters. The first-order valence-corrected chi connectivity index (χ1v) is 5.73. The van der Waals surface area contributed by atoms with Crippen molar-refractivity contribution in [3.05, 3.63) is 29.6 Å². The van der Waals surface area contributed by atoms with Crippen LogP contribution < -0.4 is 5.32 Å². The van der Waals surface area contributed by atoms with Crippen molar-refractivity contribution in [2.24, 2.45) is 0 Å². The Morgan fingerprint density at radius 2 is 2.00 bits per heavy atom. The lowest BCUT2D eigenvalue weighted by Crippen LogP contribution is -2.26. The van der Waals surface area contributed by atoms with E-state index in [1.54, 1.807) is 19.1 Å². The maximum atomic E-state index is 13.2. The molecule has 0 spiro atoms. The van der Waals surface area contributed by atoms with E-state index in [1.807, 2.05) is 20.8 Å². The van der Waals surface area contributed by atoms with Crippen LogP contribution in [-0.2, 0) is 0 Å². The predicted octanol–water partition coefficient (Wildman–Crippen LogP) is 3.39. The maximum Gasteiger partial charge on any atom is 0.322 e. The zero-order valence-electron chi connectivity index (χ0n) is 10.9. The van der Waals surface area contributed by atoms with Crippen LogP contribution in [0.5, 0.6) is 0 Å². The molecule has 0 amide bonds. The molecule has 18 heavy (non-hydrogen) atoms. The first-order chi connectivity index (χ1) is 8.35. The fraction of sp³-hybridized carbons (Fsp3) is 0.385. The van der Waals surface area contributed by atoms with Gasteiger partial charge >= 0.3 is 6.01 Å². The van der Waals surface area contributed by atoms with E-state index in [9.17, 15) is 4.39 Å². The summed E-state index contributed by atoms with van der Waals surface area (Å²) in [7, 11) is 0. The second-order valence-corrected chi connectivity index (χ2v) is 5.26. The molecule has 2 aromatic rings. The van der Waals surface area contributed by atoms with Crippen molar-refractivity contribution >= 4 is 6.01 Å². The molecule has 2 rings (SSSR count). The van der Waals surface area contributed by atoms with Crippen LogP contribution in [0.1, 0.15) is 26.3 Å². The molecule has 96 valence electrons. The van der Waals surface area contributed by atoms with Crippen LogP contribution in [0.4, 0.5) is 10.4 Å². The number of hydrogen-bond donors (Lipinski definition) is 1. The molecule has 0 saturated heterocycles. The Bertz CT molecular complexity index is 558. The summed E-state index contributed by atoms with van der Waals surface area (Å²) in [6.07, 6.45) is 0. The van der Waals surface area contributed by atoms with Gasteiger partial charge in [0.25, 0.3) is 0 Å². The second-order valence-electron chi connectivity index (χ2n) is 5.26. The van der Waals surface area contributed by atoms with Crippen LogP contribution in [0, 0.1) is 12.7 Å². The van der Waals surface area contributed by atoms with Crippen LogP contribution in [0.15, 0.2) is 22.7 Å². The first kappa shape index (κ1) is 12.5. The highest BCUT2D eigenvalue weighted by Crippen LogP contribution is 2.21. The summed E-state index contributed by atoms with van der Waals surface area (Å²) >= 11 is 0. The highest BCUT2D eigenvalue weighted by molar-refractivity contribution is 5.56. The molecule has 0 atom stereocenters. The lowest BCUT2D eigenvalue weighted by Gasteiger charge is -2.17. The third kappa shape index (κ3) is 2.85. The van der Waals surface area contributed by atoms with E-state index < -0.39 is 0 Å². The van der Waals surface area contributed by atoms with Gasteiger partial charge in [0.2, 0.25) is 5.82 Å². The van der Waals surface area contributed by atoms with Crippen LogP contribution in [0.25, 0.3) is 11.4 Å². The summed E-state index contributed by atoms with van der Waals surface area (Å²) in [4.78, 5) is 4.23. The second kappa shape index (κ2) is 4.40. The molecule has 0 bridgehead atoms. The molecule has 1 heterocycles. The minimum Gasteiger partial charge on any atom is -0.333 e.